The number of ketones is 1. The predicted octanol–water partition coefficient (Wildman–Crippen LogP) is 7.56. The van der Waals surface area contributed by atoms with E-state index in [1.807, 2.05) is 37.5 Å². The Hall–Kier alpha value is -3.75. The number of ether oxygens (including phenoxy) is 1. The topological polar surface area (TPSA) is 96.2 Å². The molecule has 2 aromatic heterocycles. The lowest BCUT2D eigenvalue weighted by atomic mass is 9.44. The molecule has 2 N–H and O–H groups in total. The van der Waals surface area contributed by atoms with Crippen LogP contribution in [-0.2, 0) is 20.9 Å². The average Bonchev–Trinajstić information content (AvgIpc) is 3.69. The zero-order chi connectivity index (χ0) is 34.6. The number of Topliss-reactive ketones (excluding diaryl/α,β-unsaturated/α-hetero) is 1. The molecule has 0 aliphatic heterocycles. The number of benzene rings is 2. The van der Waals surface area contributed by atoms with Gasteiger partial charge in [-0.25, -0.2) is 4.98 Å². The molecule has 0 spiro atoms. The first-order chi connectivity index (χ1) is 23.5. The predicted molar refractivity (Wildman–Crippen MR) is 193 cm³/mol. The molecule has 0 unspecified atom stereocenters. The number of pyridine rings is 1. The van der Waals surface area contributed by atoms with Gasteiger partial charge in [-0.05, 0) is 54.1 Å². The van der Waals surface area contributed by atoms with E-state index >= 15 is 0 Å². The lowest BCUT2D eigenvalue weighted by molar-refractivity contribution is -0.687. The van der Waals surface area contributed by atoms with Crippen molar-refractivity contribution in [2.75, 3.05) is 5.75 Å². The molecule has 7 nitrogen and oxygen atoms in total. The molecule has 256 valence electrons. The van der Waals surface area contributed by atoms with Gasteiger partial charge in [0.05, 0.1) is 11.9 Å². The Morgan fingerprint density at radius 1 is 1.10 bits per heavy atom. The number of H-pyrrole nitrogens is 1. The summed E-state index contributed by atoms with van der Waals surface area (Å²) in [5, 5.41) is 12.4. The van der Waals surface area contributed by atoms with Crippen LogP contribution in [0.1, 0.15) is 65.4 Å². The van der Waals surface area contributed by atoms with E-state index in [4.69, 9.17) is 9.72 Å². The molecule has 0 saturated heterocycles. The molecule has 3 saturated carbocycles. The van der Waals surface area contributed by atoms with E-state index in [-0.39, 0.29) is 40.7 Å². The minimum atomic E-state index is -0.682. The van der Waals surface area contributed by atoms with Gasteiger partial charge in [-0.15, -0.1) is 6.58 Å². The summed E-state index contributed by atoms with van der Waals surface area (Å²) < 4.78 is 8.54. The zero-order valence-electron chi connectivity index (χ0n) is 29.0. The average molecular weight is 679 g/mol. The SMILES string of the molecule is C=C[C@]1(C)C[C@@H](OC(=O)CSc2nc3cc[n+](Cc4ccc(-c5ccccc5)cc4)cc3[nH]2)[C@]2(C)[C@H](C)CC[C@]3(CCC(=O)[C@H]32)[C@@H](C)[C@@H]1O. The van der Waals surface area contributed by atoms with Crippen LogP contribution >= 0.6 is 11.8 Å². The molecule has 2 heterocycles. The first kappa shape index (κ1) is 33.7. The molecule has 4 aromatic rings. The summed E-state index contributed by atoms with van der Waals surface area (Å²) in [7, 11) is 0. The van der Waals surface area contributed by atoms with Crippen molar-refractivity contribution in [3.8, 4) is 11.1 Å². The molecule has 8 atom stereocenters. The number of fused-ring (bicyclic) bond motifs is 1. The summed E-state index contributed by atoms with van der Waals surface area (Å²) in [6.07, 6.45) is 8.29. The van der Waals surface area contributed by atoms with Crippen molar-refractivity contribution < 1.29 is 24.0 Å². The Labute approximate surface area is 293 Å². The van der Waals surface area contributed by atoms with E-state index in [0.29, 0.717) is 18.0 Å². The van der Waals surface area contributed by atoms with Gasteiger partial charge in [0.25, 0.3) is 0 Å². The van der Waals surface area contributed by atoms with Gasteiger partial charge in [0.2, 0.25) is 0 Å². The van der Waals surface area contributed by atoms with Gasteiger partial charge >= 0.3 is 5.97 Å². The van der Waals surface area contributed by atoms with Gasteiger partial charge in [0, 0.05) is 34.8 Å². The second kappa shape index (κ2) is 12.9. The maximum absolute atomic E-state index is 13.7. The second-order valence-electron chi connectivity index (χ2n) is 15.4. The minimum Gasteiger partial charge on any atom is -0.461 e. The molecule has 7 rings (SSSR count). The summed E-state index contributed by atoms with van der Waals surface area (Å²) in [6.45, 7) is 13.4. The van der Waals surface area contributed by atoms with Crippen LogP contribution in [-0.4, -0.2) is 44.8 Å². The number of aliphatic hydroxyl groups excluding tert-OH is 1. The number of thioether (sulfide) groups is 1. The van der Waals surface area contributed by atoms with Crippen molar-refractivity contribution in [1.82, 2.24) is 9.97 Å². The Kier molecular flexibility index (Phi) is 8.85. The maximum Gasteiger partial charge on any atom is 0.316 e. The summed E-state index contributed by atoms with van der Waals surface area (Å²) in [5.41, 5.74) is 3.83. The highest BCUT2D eigenvalue weighted by atomic mass is 32.2. The summed E-state index contributed by atoms with van der Waals surface area (Å²) in [6, 6.07) is 21.0. The summed E-state index contributed by atoms with van der Waals surface area (Å²) >= 11 is 1.32. The highest BCUT2D eigenvalue weighted by molar-refractivity contribution is 7.99. The molecule has 2 bridgehead atoms. The number of hydrogen-bond acceptors (Lipinski definition) is 6. The van der Waals surface area contributed by atoms with Crippen molar-refractivity contribution in [2.45, 2.75) is 83.7 Å². The van der Waals surface area contributed by atoms with Crippen LogP contribution in [0.25, 0.3) is 22.2 Å². The molecule has 2 aromatic carbocycles. The number of nitrogens with zero attached hydrogens (tertiary/aromatic N) is 2. The normalized spacial score (nSPS) is 32.7. The molecular formula is C41H48N3O4S+. The quantitative estimate of drug-likeness (QED) is 0.0865. The number of carbonyl (C=O) groups excluding carboxylic acids is 2. The van der Waals surface area contributed by atoms with E-state index in [2.05, 4.69) is 85.4 Å². The van der Waals surface area contributed by atoms with Crippen molar-refractivity contribution in [3.63, 3.8) is 0 Å². The molecule has 0 amide bonds. The monoisotopic (exact) mass is 678 g/mol. The molecule has 3 aliphatic rings. The lowest BCUT2D eigenvalue weighted by Crippen LogP contribution is -2.63. The fourth-order valence-electron chi connectivity index (χ4n) is 9.61. The number of nitrogens with one attached hydrogen (secondary N) is 1. The van der Waals surface area contributed by atoms with Crippen LogP contribution in [0.15, 0.2) is 90.9 Å². The molecule has 3 fully saturated rings. The number of esters is 1. The van der Waals surface area contributed by atoms with Gasteiger partial charge in [-0.2, -0.15) is 4.57 Å². The Bertz CT molecular complexity index is 1870. The Morgan fingerprint density at radius 3 is 2.57 bits per heavy atom. The summed E-state index contributed by atoms with van der Waals surface area (Å²) in [5.74, 6) is -0.0979. The van der Waals surface area contributed by atoms with Gasteiger partial charge in [0.15, 0.2) is 24.1 Å². The van der Waals surface area contributed by atoms with E-state index in [1.165, 1.54) is 28.5 Å². The number of imidazole rings is 1. The van der Waals surface area contributed by atoms with Gasteiger partial charge in [0.1, 0.15) is 22.9 Å². The smallest absolute Gasteiger partial charge is 0.316 e. The third kappa shape index (κ3) is 5.84. The first-order valence-electron chi connectivity index (χ1n) is 17.7. The Morgan fingerprint density at radius 2 is 1.84 bits per heavy atom. The van der Waals surface area contributed by atoms with E-state index in [1.54, 1.807) is 0 Å². The highest BCUT2D eigenvalue weighted by Crippen LogP contribution is 2.68. The van der Waals surface area contributed by atoms with Crippen molar-refractivity contribution in [3.05, 3.63) is 91.3 Å². The zero-order valence-corrected chi connectivity index (χ0v) is 29.8. The molecule has 49 heavy (non-hydrogen) atoms. The molecule has 8 heteroatoms. The third-order valence-electron chi connectivity index (χ3n) is 12.8. The fourth-order valence-corrected chi connectivity index (χ4v) is 10.3. The first-order valence-corrected chi connectivity index (χ1v) is 18.7. The van der Waals surface area contributed by atoms with Gasteiger partial charge in [-0.3, -0.25) is 9.59 Å². The van der Waals surface area contributed by atoms with Crippen LogP contribution in [0.4, 0.5) is 0 Å². The Balaban J connectivity index is 1.06. The fraction of sp³-hybridized carbons (Fsp3) is 0.463. The van der Waals surface area contributed by atoms with Crippen LogP contribution < -0.4 is 4.57 Å². The largest absolute Gasteiger partial charge is 0.461 e. The van der Waals surface area contributed by atoms with Gasteiger partial charge < -0.3 is 14.8 Å². The van der Waals surface area contributed by atoms with Crippen molar-refractivity contribution in [2.24, 2.45) is 34.0 Å². The van der Waals surface area contributed by atoms with Crippen molar-refractivity contribution >= 4 is 34.5 Å². The maximum atomic E-state index is 13.7. The van der Waals surface area contributed by atoms with E-state index < -0.39 is 23.0 Å². The standard InChI is InChI=1S/C41H47N3O4S/c1-6-39(4)22-34(40(5)26(2)16-19-41(27(3)37(39)47)20-17-33(45)36(40)41)48-35(46)25-49-38-42-31-18-21-44(24-32(31)43-38)23-28-12-14-30(15-13-28)29-10-8-7-9-11-29/h6-15,18,21,24,26-27,34,36-37,47H,1,16-17,19-20,22-23,25H2,2-5H3/p+1/t26-,27+,34-,36+,37+,39-,40+,41+/m1/s1. The van der Waals surface area contributed by atoms with Crippen LogP contribution in [0.5, 0.6) is 0 Å². The minimum absolute atomic E-state index is 0.0575. The van der Waals surface area contributed by atoms with Crippen LogP contribution in [0, 0.1) is 34.0 Å². The van der Waals surface area contributed by atoms with Crippen LogP contribution in [0.3, 0.4) is 0 Å². The summed E-state index contributed by atoms with van der Waals surface area (Å²) in [4.78, 5) is 35.4. The molecule has 3 aliphatic carbocycles. The number of aromatic amines is 1. The van der Waals surface area contributed by atoms with E-state index in [9.17, 15) is 14.7 Å². The molecular weight excluding hydrogens is 631 g/mol. The van der Waals surface area contributed by atoms with Gasteiger partial charge in [-0.1, -0.05) is 100 Å². The number of hydrogen-bond donors (Lipinski definition) is 2. The third-order valence-corrected chi connectivity index (χ3v) is 13.6. The van der Waals surface area contributed by atoms with Crippen molar-refractivity contribution in [1.29, 1.82) is 0 Å². The highest BCUT2D eigenvalue weighted by Gasteiger charge is 2.68. The molecule has 0 radical (unpaired) electrons. The number of aliphatic hydroxyl groups is 1. The van der Waals surface area contributed by atoms with E-state index in [0.717, 1.165) is 36.8 Å². The number of aromatic nitrogens is 3. The van der Waals surface area contributed by atoms with Crippen LogP contribution in [0.2, 0.25) is 0 Å². The second-order valence-corrected chi connectivity index (χ2v) is 16.3. The number of carbonyl (C=O) groups is 2. The number of rotatable bonds is 8. The lowest BCUT2D eigenvalue weighted by Gasteiger charge is -2.61.